The van der Waals surface area contributed by atoms with Crippen LogP contribution in [0.4, 0.5) is 10.2 Å². The Balaban J connectivity index is 2.03. The molecule has 2 aromatic rings. The zero-order valence-electron chi connectivity index (χ0n) is 9.98. The van der Waals surface area contributed by atoms with Gasteiger partial charge >= 0.3 is 0 Å². The third-order valence-corrected chi connectivity index (χ3v) is 3.17. The molecule has 0 radical (unpaired) electrons. The Morgan fingerprint density at radius 3 is 2.60 bits per heavy atom. The molecule has 0 aliphatic carbocycles. The van der Waals surface area contributed by atoms with E-state index in [2.05, 4.69) is 47.1 Å². The van der Waals surface area contributed by atoms with E-state index in [1.807, 2.05) is 0 Å². The number of nitrogens with one attached hydrogen (secondary N) is 1. The van der Waals surface area contributed by atoms with Crippen LogP contribution in [0.25, 0.3) is 6.08 Å². The van der Waals surface area contributed by atoms with E-state index in [0.29, 0.717) is 15.0 Å². The SMILES string of the molecule is O=C(/C=C/c1ccc(F)cc1)Nc1ncc(Br)nc1Br. The molecule has 2 rings (SSSR count). The summed E-state index contributed by atoms with van der Waals surface area (Å²) in [5.74, 6) is -0.353. The monoisotopic (exact) mass is 399 g/mol. The highest BCUT2D eigenvalue weighted by atomic mass is 79.9. The van der Waals surface area contributed by atoms with E-state index in [1.165, 1.54) is 24.4 Å². The van der Waals surface area contributed by atoms with Gasteiger partial charge in [0.2, 0.25) is 5.91 Å². The maximum atomic E-state index is 12.7. The highest BCUT2D eigenvalue weighted by Crippen LogP contribution is 2.19. The molecule has 102 valence electrons. The molecule has 4 nitrogen and oxygen atoms in total. The van der Waals surface area contributed by atoms with Gasteiger partial charge < -0.3 is 5.32 Å². The van der Waals surface area contributed by atoms with Gasteiger partial charge in [-0.2, -0.15) is 0 Å². The fraction of sp³-hybridized carbons (Fsp3) is 0. The molecule has 0 unspecified atom stereocenters. The predicted octanol–water partition coefficient (Wildman–Crippen LogP) is 3.79. The van der Waals surface area contributed by atoms with Gasteiger partial charge in [0.1, 0.15) is 15.0 Å². The summed E-state index contributed by atoms with van der Waals surface area (Å²) in [6.07, 6.45) is 4.39. The normalized spacial score (nSPS) is 10.8. The number of carbonyl (C=O) groups is 1. The number of anilines is 1. The standard InChI is InChI=1S/C13H8Br2FN3O/c14-10-7-17-13(12(15)18-10)19-11(20)6-3-8-1-4-9(16)5-2-8/h1-7H,(H,17,19,20)/b6-3+. The number of amides is 1. The van der Waals surface area contributed by atoms with Crippen LogP contribution in [-0.4, -0.2) is 15.9 Å². The van der Waals surface area contributed by atoms with Crippen LogP contribution in [0, 0.1) is 5.82 Å². The number of aromatic nitrogens is 2. The van der Waals surface area contributed by atoms with Gasteiger partial charge in [0.25, 0.3) is 0 Å². The first-order valence-electron chi connectivity index (χ1n) is 5.47. The van der Waals surface area contributed by atoms with Crippen molar-refractivity contribution in [2.24, 2.45) is 0 Å². The van der Waals surface area contributed by atoms with Crippen molar-refractivity contribution in [1.29, 1.82) is 0 Å². The minimum absolute atomic E-state index is 0.319. The summed E-state index contributed by atoms with van der Waals surface area (Å²) in [6.45, 7) is 0. The van der Waals surface area contributed by atoms with Crippen LogP contribution >= 0.6 is 31.9 Å². The van der Waals surface area contributed by atoms with Gasteiger partial charge in [0.15, 0.2) is 5.82 Å². The lowest BCUT2D eigenvalue weighted by Gasteiger charge is -2.03. The minimum atomic E-state index is -0.355. The number of rotatable bonds is 3. The van der Waals surface area contributed by atoms with Gasteiger partial charge in [-0.25, -0.2) is 14.4 Å². The maximum Gasteiger partial charge on any atom is 0.249 e. The van der Waals surface area contributed by atoms with Crippen molar-refractivity contribution in [1.82, 2.24) is 9.97 Å². The zero-order chi connectivity index (χ0) is 14.5. The molecule has 0 saturated carbocycles. The Labute approximate surface area is 131 Å². The second-order valence-corrected chi connectivity index (χ2v) is 5.27. The Kier molecular flexibility index (Phi) is 4.97. The van der Waals surface area contributed by atoms with E-state index < -0.39 is 0 Å². The second-order valence-electron chi connectivity index (χ2n) is 3.71. The third kappa shape index (κ3) is 4.21. The molecule has 1 aromatic carbocycles. The first-order valence-corrected chi connectivity index (χ1v) is 7.06. The predicted molar refractivity (Wildman–Crippen MR) is 81.5 cm³/mol. The summed E-state index contributed by atoms with van der Waals surface area (Å²) in [6, 6.07) is 5.81. The summed E-state index contributed by atoms with van der Waals surface area (Å²) in [7, 11) is 0. The molecule has 7 heteroatoms. The molecule has 0 saturated heterocycles. The fourth-order valence-corrected chi connectivity index (χ4v) is 2.24. The van der Waals surface area contributed by atoms with Crippen LogP contribution in [0.2, 0.25) is 0 Å². The summed E-state index contributed by atoms with van der Waals surface area (Å²) >= 11 is 6.36. The van der Waals surface area contributed by atoms with Crippen molar-refractivity contribution in [3.8, 4) is 0 Å². The molecule has 1 heterocycles. The van der Waals surface area contributed by atoms with Crippen LogP contribution < -0.4 is 5.32 Å². The summed E-state index contributed by atoms with van der Waals surface area (Å²) in [5.41, 5.74) is 0.725. The smallest absolute Gasteiger partial charge is 0.249 e. The number of carbonyl (C=O) groups excluding carboxylic acids is 1. The first-order chi connectivity index (χ1) is 9.54. The largest absolute Gasteiger partial charge is 0.305 e. The molecule has 0 fully saturated rings. The summed E-state index contributed by atoms with van der Waals surface area (Å²) < 4.78 is 13.7. The third-order valence-electron chi connectivity index (χ3n) is 2.24. The molecule has 1 amide bonds. The minimum Gasteiger partial charge on any atom is -0.305 e. The number of nitrogens with zero attached hydrogens (tertiary/aromatic N) is 2. The number of halogens is 3. The molecule has 1 N–H and O–H groups in total. The van der Waals surface area contributed by atoms with Crippen LogP contribution in [0.15, 0.2) is 45.7 Å². The lowest BCUT2D eigenvalue weighted by molar-refractivity contribution is -0.111. The molecule has 0 spiro atoms. The van der Waals surface area contributed by atoms with Crippen molar-refractivity contribution < 1.29 is 9.18 Å². The van der Waals surface area contributed by atoms with E-state index in [9.17, 15) is 9.18 Å². The lowest BCUT2D eigenvalue weighted by atomic mass is 10.2. The van der Waals surface area contributed by atoms with E-state index in [0.717, 1.165) is 5.56 Å². The summed E-state index contributed by atoms with van der Waals surface area (Å²) in [5, 5.41) is 2.58. The van der Waals surface area contributed by atoms with Gasteiger partial charge in [-0.1, -0.05) is 12.1 Å². The highest BCUT2D eigenvalue weighted by molar-refractivity contribution is 9.11. The number of hydrogen-bond acceptors (Lipinski definition) is 3. The number of hydrogen-bond donors (Lipinski definition) is 1. The van der Waals surface area contributed by atoms with E-state index in [1.54, 1.807) is 18.2 Å². The van der Waals surface area contributed by atoms with Gasteiger partial charge in [-0.3, -0.25) is 4.79 Å². The van der Waals surface area contributed by atoms with Gasteiger partial charge in [0, 0.05) is 6.08 Å². The average Bonchev–Trinajstić information content (AvgIpc) is 2.41. The molecular weight excluding hydrogens is 393 g/mol. The van der Waals surface area contributed by atoms with Crippen LogP contribution in [0.5, 0.6) is 0 Å². The Bertz CT molecular complexity index is 659. The van der Waals surface area contributed by atoms with Crippen molar-refractivity contribution in [3.05, 3.63) is 57.1 Å². The van der Waals surface area contributed by atoms with Crippen LogP contribution in [-0.2, 0) is 4.79 Å². The first kappa shape index (κ1) is 14.8. The van der Waals surface area contributed by atoms with E-state index >= 15 is 0 Å². The second kappa shape index (κ2) is 6.71. The average molecular weight is 401 g/mol. The fourth-order valence-electron chi connectivity index (χ4n) is 1.33. The lowest BCUT2D eigenvalue weighted by Crippen LogP contribution is -2.10. The molecular formula is C13H8Br2FN3O. The van der Waals surface area contributed by atoms with E-state index in [4.69, 9.17) is 0 Å². The molecule has 0 bridgehead atoms. The molecule has 0 aliphatic rings. The van der Waals surface area contributed by atoms with E-state index in [-0.39, 0.29) is 11.7 Å². The van der Waals surface area contributed by atoms with Crippen molar-refractivity contribution >= 4 is 49.7 Å². The van der Waals surface area contributed by atoms with Crippen LogP contribution in [0.1, 0.15) is 5.56 Å². The van der Waals surface area contributed by atoms with Gasteiger partial charge in [-0.05, 0) is 55.6 Å². The summed E-state index contributed by atoms with van der Waals surface area (Å²) in [4.78, 5) is 19.8. The topological polar surface area (TPSA) is 54.9 Å². The Morgan fingerprint density at radius 1 is 1.25 bits per heavy atom. The molecule has 1 aromatic heterocycles. The Morgan fingerprint density at radius 2 is 1.95 bits per heavy atom. The van der Waals surface area contributed by atoms with Crippen molar-refractivity contribution in [2.45, 2.75) is 0 Å². The van der Waals surface area contributed by atoms with Gasteiger partial charge in [-0.15, -0.1) is 0 Å². The van der Waals surface area contributed by atoms with Crippen LogP contribution in [0.3, 0.4) is 0 Å². The quantitative estimate of drug-likeness (QED) is 0.797. The van der Waals surface area contributed by atoms with Crippen molar-refractivity contribution in [3.63, 3.8) is 0 Å². The molecule has 0 aliphatic heterocycles. The molecule has 0 atom stereocenters. The van der Waals surface area contributed by atoms with Crippen molar-refractivity contribution in [2.75, 3.05) is 5.32 Å². The van der Waals surface area contributed by atoms with Gasteiger partial charge in [0.05, 0.1) is 6.20 Å². The zero-order valence-corrected chi connectivity index (χ0v) is 13.2. The highest BCUT2D eigenvalue weighted by Gasteiger charge is 2.06. The maximum absolute atomic E-state index is 12.7. The molecule has 20 heavy (non-hydrogen) atoms. The number of benzene rings is 1. The Hall–Kier alpha value is -1.60.